The van der Waals surface area contributed by atoms with Crippen molar-refractivity contribution in [3.05, 3.63) is 95.3 Å². The number of nitrogens with one attached hydrogen (secondary N) is 2. The van der Waals surface area contributed by atoms with Gasteiger partial charge in [-0.2, -0.15) is 0 Å². The molecule has 5 nitrogen and oxygen atoms in total. The van der Waals surface area contributed by atoms with E-state index in [0.29, 0.717) is 17.7 Å². The highest BCUT2D eigenvalue weighted by Gasteiger charge is 2.44. The molecule has 1 fully saturated rings. The molecule has 0 aromatic heterocycles. The van der Waals surface area contributed by atoms with Gasteiger partial charge in [-0.15, -0.1) is 0 Å². The van der Waals surface area contributed by atoms with Crippen LogP contribution in [0.1, 0.15) is 34.3 Å². The molecule has 3 aromatic carbocycles. The Balaban J connectivity index is 1.45. The average molecular weight is 439 g/mol. The van der Waals surface area contributed by atoms with Crippen LogP contribution in [-0.4, -0.2) is 20.9 Å². The van der Waals surface area contributed by atoms with Gasteiger partial charge in [-0.1, -0.05) is 42.5 Å². The van der Waals surface area contributed by atoms with Crippen LogP contribution in [0.15, 0.2) is 77.7 Å². The molecule has 0 aliphatic heterocycles. The van der Waals surface area contributed by atoms with Crippen molar-refractivity contribution in [2.75, 3.05) is 11.3 Å². The summed E-state index contributed by atoms with van der Waals surface area (Å²) in [6.07, 6.45) is 2.04. The SMILES string of the molecule is Cc1ccc(S(=O)(=O)Nc2cccc(C(=O)NCC3(c4ccccc4)CC3)c2)cc1F. The summed E-state index contributed by atoms with van der Waals surface area (Å²) in [4.78, 5) is 12.5. The van der Waals surface area contributed by atoms with E-state index in [1.807, 2.05) is 18.2 Å². The number of aryl methyl sites for hydroxylation is 1. The summed E-state index contributed by atoms with van der Waals surface area (Å²) in [7, 11) is -3.98. The average Bonchev–Trinajstić information content (AvgIpc) is 3.55. The van der Waals surface area contributed by atoms with Crippen LogP contribution < -0.4 is 10.0 Å². The highest BCUT2D eigenvalue weighted by Crippen LogP contribution is 2.47. The number of benzene rings is 3. The molecule has 1 amide bonds. The van der Waals surface area contributed by atoms with Crippen molar-refractivity contribution in [1.82, 2.24) is 5.32 Å². The number of hydrogen-bond donors (Lipinski definition) is 2. The van der Waals surface area contributed by atoms with Gasteiger partial charge in [0.05, 0.1) is 4.90 Å². The molecule has 0 heterocycles. The first-order valence-electron chi connectivity index (χ1n) is 10.0. The maximum atomic E-state index is 13.8. The van der Waals surface area contributed by atoms with E-state index in [1.54, 1.807) is 25.1 Å². The molecule has 1 saturated carbocycles. The molecule has 0 unspecified atom stereocenters. The second-order valence-corrected chi connectivity index (χ2v) is 9.61. The van der Waals surface area contributed by atoms with Crippen molar-refractivity contribution in [2.45, 2.75) is 30.1 Å². The van der Waals surface area contributed by atoms with Crippen LogP contribution in [0.5, 0.6) is 0 Å². The summed E-state index contributed by atoms with van der Waals surface area (Å²) < 4.78 is 41.4. The van der Waals surface area contributed by atoms with Gasteiger partial charge in [0.1, 0.15) is 5.82 Å². The molecule has 7 heteroatoms. The van der Waals surface area contributed by atoms with Crippen molar-refractivity contribution in [3.63, 3.8) is 0 Å². The third-order valence-corrected chi connectivity index (χ3v) is 7.04. The fraction of sp³-hybridized carbons (Fsp3) is 0.208. The first-order chi connectivity index (χ1) is 14.8. The Hall–Kier alpha value is -3.19. The topological polar surface area (TPSA) is 75.3 Å². The van der Waals surface area contributed by atoms with E-state index in [4.69, 9.17) is 0 Å². The standard InChI is InChI=1S/C24H23FN2O3S/c1-17-10-11-21(15-22(17)25)31(29,30)27-20-9-5-6-18(14-20)23(28)26-16-24(12-13-24)19-7-3-2-4-8-19/h2-11,14-15,27H,12-13,16H2,1H3,(H,26,28). The number of sulfonamides is 1. The lowest BCUT2D eigenvalue weighted by molar-refractivity contribution is 0.0949. The minimum atomic E-state index is -3.98. The second kappa shape index (κ2) is 8.15. The van der Waals surface area contributed by atoms with Gasteiger partial charge in [-0.25, -0.2) is 12.8 Å². The maximum absolute atomic E-state index is 13.8. The van der Waals surface area contributed by atoms with Gasteiger partial charge in [0.2, 0.25) is 0 Å². The van der Waals surface area contributed by atoms with Crippen LogP contribution in [0.25, 0.3) is 0 Å². The van der Waals surface area contributed by atoms with Crippen LogP contribution >= 0.6 is 0 Å². The van der Waals surface area contributed by atoms with Crippen molar-refractivity contribution in [2.24, 2.45) is 0 Å². The van der Waals surface area contributed by atoms with Crippen molar-refractivity contribution in [1.29, 1.82) is 0 Å². The van der Waals surface area contributed by atoms with E-state index in [0.717, 1.165) is 18.9 Å². The lowest BCUT2D eigenvalue weighted by atomic mass is 9.96. The summed E-state index contributed by atoms with van der Waals surface area (Å²) in [5.41, 5.74) is 2.13. The number of carbonyl (C=O) groups is 1. The monoisotopic (exact) mass is 438 g/mol. The molecule has 1 aliphatic carbocycles. The van der Waals surface area contributed by atoms with Gasteiger partial charge in [0.25, 0.3) is 15.9 Å². The number of anilines is 1. The van der Waals surface area contributed by atoms with Gasteiger partial charge in [-0.05, 0) is 61.2 Å². The molecule has 0 radical (unpaired) electrons. The molecular weight excluding hydrogens is 415 g/mol. The first-order valence-corrected chi connectivity index (χ1v) is 11.5. The molecule has 0 saturated heterocycles. The summed E-state index contributed by atoms with van der Waals surface area (Å²) in [5.74, 6) is -0.868. The highest BCUT2D eigenvalue weighted by molar-refractivity contribution is 7.92. The van der Waals surface area contributed by atoms with E-state index >= 15 is 0 Å². The molecule has 3 aromatic rings. The van der Waals surface area contributed by atoms with E-state index < -0.39 is 15.8 Å². The molecule has 0 spiro atoms. The lowest BCUT2D eigenvalue weighted by Gasteiger charge is -2.17. The van der Waals surface area contributed by atoms with Crippen molar-refractivity contribution in [3.8, 4) is 0 Å². The number of rotatable bonds is 7. The Kier molecular flexibility index (Phi) is 5.54. The second-order valence-electron chi connectivity index (χ2n) is 7.93. The zero-order valence-corrected chi connectivity index (χ0v) is 17.9. The van der Waals surface area contributed by atoms with E-state index in [9.17, 15) is 17.6 Å². The highest BCUT2D eigenvalue weighted by atomic mass is 32.2. The number of amides is 1. The minimum Gasteiger partial charge on any atom is -0.351 e. The van der Waals surface area contributed by atoms with Crippen molar-refractivity contribution >= 4 is 21.6 Å². The van der Waals surface area contributed by atoms with Crippen molar-refractivity contribution < 1.29 is 17.6 Å². The van der Waals surface area contributed by atoms with Gasteiger partial charge in [-0.3, -0.25) is 9.52 Å². The van der Waals surface area contributed by atoms with Gasteiger partial charge < -0.3 is 5.32 Å². The fourth-order valence-corrected chi connectivity index (χ4v) is 4.60. The summed E-state index contributed by atoms with van der Waals surface area (Å²) in [5, 5.41) is 2.97. The number of halogens is 1. The molecule has 0 bridgehead atoms. The normalized spacial score (nSPS) is 14.6. The van der Waals surface area contributed by atoms with Crippen LogP contribution in [0.2, 0.25) is 0 Å². The van der Waals surface area contributed by atoms with Crippen LogP contribution in [0.4, 0.5) is 10.1 Å². The van der Waals surface area contributed by atoms with Gasteiger partial charge in [0.15, 0.2) is 0 Å². The molecule has 31 heavy (non-hydrogen) atoms. The Bertz CT molecular complexity index is 1220. The fourth-order valence-electron chi connectivity index (χ4n) is 3.54. The van der Waals surface area contributed by atoms with E-state index in [1.165, 1.54) is 23.8 Å². The molecule has 2 N–H and O–H groups in total. The molecule has 4 rings (SSSR count). The van der Waals surface area contributed by atoms with E-state index in [-0.39, 0.29) is 21.9 Å². The molecule has 1 aliphatic rings. The molecule has 160 valence electrons. The number of hydrogen-bond acceptors (Lipinski definition) is 3. The van der Waals surface area contributed by atoms with E-state index in [2.05, 4.69) is 22.2 Å². The Labute approximate surface area is 181 Å². The maximum Gasteiger partial charge on any atom is 0.261 e. The molecule has 0 atom stereocenters. The Morgan fingerprint density at radius 3 is 2.42 bits per heavy atom. The van der Waals surface area contributed by atoms with Gasteiger partial charge in [0, 0.05) is 23.2 Å². The quantitative estimate of drug-likeness (QED) is 0.574. The minimum absolute atomic E-state index is 0.0222. The summed E-state index contributed by atoms with van der Waals surface area (Å²) in [6, 6.07) is 20.1. The zero-order valence-electron chi connectivity index (χ0n) is 17.1. The predicted octanol–water partition coefficient (Wildman–Crippen LogP) is 4.40. The van der Waals surface area contributed by atoms with Crippen LogP contribution in [-0.2, 0) is 15.4 Å². The Morgan fingerprint density at radius 1 is 1.00 bits per heavy atom. The summed E-state index contributed by atoms with van der Waals surface area (Å²) >= 11 is 0. The summed E-state index contributed by atoms with van der Waals surface area (Å²) in [6.45, 7) is 2.08. The third kappa shape index (κ3) is 4.61. The van der Waals surface area contributed by atoms with Crippen LogP contribution in [0.3, 0.4) is 0 Å². The molecular formula is C24H23FN2O3S. The largest absolute Gasteiger partial charge is 0.351 e. The van der Waals surface area contributed by atoms with Gasteiger partial charge >= 0.3 is 0 Å². The Morgan fingerprint density at radius 2 is 1.74 bits per heavy atom. The zero-order chi connectivity index (χ0) is 22.1. The van der Waals surface area contributed by atoms with Crippen LogP contribution in [0, 0.1) is 12.7 Å². The lowest BCUT2D eigenvalue weighted by Crippen LogP contribution is -2.32. The smallest absolute Gasteiger partial charge is 0.261 e. The predicted molar refractivity (Wildman–Crippen MR) is 118 cm³/mol. The number of carbonyl (C=O) groups excluding carboxylic acids is 1. The third-order valence-electron chi connectivity index (χ3n) is 5.66. The first kappa shape index (κ1) is 21.1.